The van der Waals surface area contributed by atoms with Gasteiger partial charge in [-0.15, -0.1) is 0 Å². The zero-order chi connectivity index (χ0) is 21.5. The van der Waals surface area contributed by atoms with Crippen LogP contribution >= 0.6 is 11.6 Å². The van der Waals surface area contributed by atoms with Crippen molar-refractivity contribution < 1.29 is 16.8 Å². The number of hydrogen-bond donors (Lipinski definition) is 0. The smallest absolute Gasteiger partial charge is 0.183 e. The summed E-state index contributed by atoms with van der Waals surface area (Å²) in [5, 5.41) is -0.522. The maximum Gasteiger partial charge on any atom is 0.183 e. The van der Waals surface area contributed by atoms with Crippen LogP contribution in [0.5, 0.6) is 0 Å². The summed E-state index contributed by atoms with van der Waals surface area (Å²) < 4.78 is 51.4. The zero-order valence-corrected chi connectivity index (χ0v) is 19.1. The van der Waals surface area contributed by atoms with Gasteiger partial charge in [-0.2, -0.15) is 0 Å². The summed E-state index contributed by atoms with van der Waals surface area (Å²) in [7, 11) is -7.21. The highest BCUT2D eigenvalue weighted by molar-refractivity contribution is 7.96. The monoisotopic (exact) mass is 468 g/mol. The second kappa shape index (κ2) is 8.15. The lowest BCUT2D eigenvalue weighted by molar-refractivity contribution is 0.201. The molecule has 0 N–H and O–H groups in total. The first-order valence-corrected chi connectivity index (χ1v) is 13.7. The van der Waals surface area contributed by atoms with Crippen molar-refractivity contribution >= 4 is 37.0 Å². The molecule has 2 aromatic rings. The van der Waals surface area contributed by atoms with Crippen LogP contribution in [-0.4, -0.2) is 70.7 Å². The van der Waals surface area contributed by atoms with E-state index in [9.17, 15) is 16.8 Å². The first-order valence-electron chi connectivity index (χ1n) is 9.91. The Balaban J connectivity index is 1.54. The summed E-state index contributed by atoms with van der Waals surface area (Å²) in [5.41, 5.74) is 2.32. The van der Waals surface area contributed by atoms with Crippen LogP contribution < -0.4 is 4.90 Å². The minimum atomic E-state index is -3.79. The average Bonchev–Trinajstić information content (AvgIpc) is 3.05. The van der Waals surface area contributed by atoms with Crippen molar-refractivity contribution in [2.75, 3.05) is 42.6 Å². The fourth-order valence-corrected chi connectivity index (χ4v) is 9.32. The molecule has 4 rings (SSSR count). The molecule has 2 atom stereocenters. The van der Waals surface area contributed by atoms with Crippen molar-refractivity contribution in [2.24, 2.45) is 0 Å². The number of aryl methyl sites for hydroxylation is 1. The summed E-state index contributed by atoms with van der Waals surface area (Å²) in [5.74, 6) is -0.449. The number of sulfone groups is 2. The molecular weight excluding hydrogens is 444 g/mol. The number of anilines is 1. The zero-order valence-electron chi connectivity index (χ0n) is 16.7. The number of benzene rings is 2. The number of rotatable bonds is 4. The van der Waals surface area contributed by atoms with Crippen molar-refractivity contribution in [1.82, 2.24) is 4.90 Å². The van der Waals surface area contributed by atoms with Crippen LogP contribution in [0.25, 0.3) is 0 Å². The van der Waals surface area contributed by atoms with Crippen LogP contribution in [0, 0.1) is 6.92 Å². The van der Waals surface area contributed by atoms with E-state index in [1.54, 1.807) is 0 Å². The average molecular weight is 469 g/mol. The van der Waals surface area contributed by atoms with Crippen molar-refractivity contribution in [3.05, 3.63) is 59.1 Å². The molecule has 2 aliphatic rings. The van der Waals surface area contributed by atoms with E-state index < -0.39 is 31.0 Å². The molecule has 0 radical (unpaired) electrons. The Labute approximate surface area is 183 Å². The van der Waals surface area contributed by atoms with Crippen LogP contribution in [-0.2, 0) is 19.7 Å². The van der Waals surface area contributed by atoms with Crippen LogP contribution in [0.1, 0.15) is 5.56 Å². The third-order valence-corrected chi connectivity index (χ3v) is 10.3. The summed E-state index contributed by atoms with van der Waals surface area (Å²) >= 11 is 5.89. The molecule has 2 aliphatic heterocycles. The quantitative estimate of drug-likeness (QED) is 0.686. The maximum atomic E-state index is 13.3. The van der Waals surface area contributed by atoms with Gasteiger partial charge < -0.3 is 4.90 Å². The summed E-state index contributed by atoms with van der Waals surface area (Å²) in [6.45, 7) is 4.76. The molecule has 0 saturated carbocycles. The normalized spacial score (nSPS) is 24.8. The molecule has 0 amide bonds. The standard InChI is InChI=1S/C21H25ClN2O4S2/c1-16-3-2-4-18(13-16)23-9-11-24(12-10-23)20-14-29(25,26)15-21(20)30(27,28)19-7-5-17(22)6-8-19/h2-8,13,20-21H,9-12,14-15H2,1H3. The first-order chi connectivity index (χ1) is 14.2. The van der Waals surface area contributed by atoms with E-state index in [1.165, 1.54) is 29.8 Å². The fourth-order valence-electron chi connectivity index (χ4n) is 4.37. The molecule has 162 valence electrons. The first kappa shape index (κ1) is 21.6. The highest BCUT2D eigenvalue weighted by atomic mass is 35.5. The Hall–Kier alpha value is -1.61. The molecule has 2 heterocycles. The summed E-state index contributed by atoms with van der Waals surface area (Å²) in [6, 6.07) is 13.7. The number of piperazine rings is 1. The van der Waals surface area contributed by atoms with Crippen molar-refractivity contribution in [3.8, 4) is 0 Å². The van der Waals surface area contributed by atoms with Gasteiger partial charge >= 0.3 is 0 Å². The predicted molar refractivity (Wildman–Crippen MR) is 120 cm³/mol. The third-order valence-electron chi connectivity index (χ3n) is 5.96. The largest absolute Gasteiger partial charge is 0.369 e. The molecule has 2 fully saturated rings. The number of halogens is 1. The summed E-state index contributed by atoms with van der Waals surface area (Å²) in [6.07, 6.45) is 0. The second-order valence-corrected chi connectivity index (χ2v) is 12.8. The molecule has 0 bridgehead atoms. The molecule has 2 aromatic carbocycles. The van der Waals surface area contributed by atoms with Gasteiger partial charge in [0.05, 0.1) is 21.7 Å². The lowest BCUT2D eigenvalue weighted by atomic mass is 10.1. The Morgan fingerprint density at radius 3 is 2.27 bits per heavy atom. The molecule has 9 heteroatoms. The molecule has 0 spiro atoms. The highest BCUT2D eigenvalue weighted by Gasteiger charge is 2.48. The highest BCUT2D eigenvalue weighted by Crippen LogP contribution is 2.31. The second-order valence-electron chi connectivity index (χ2n) is 8.04. The molecular formula is C21H25ClN2O4S2. The number of nitrogens with zero attached hydrogens (tertiary/aromatic N) is 2. The van der Waals surface area contributed by atoms with Crippen molar-refractivity contribution in [1.29, 1.82) is 0 Å². The van der Waals surface area contributed by atoms with Crippen LogP contribution in [0.15, 0.2) is 53.4 Å². The fraction of sp³-hybridized carbons (Fsp3) is 0.429. The van der Waals surface area contributed by atoms with Gasteiger partial charge in [-0.05, 0) is 48.9 Å². The van der Waals surface area contributed by atoms with Gasteiger partial charge in [0.15, 0.2) is 19.7 Å². The van der Waals surface area contributed by atoms with E-state index in [0.29, 0.717) is 18.1 Å². The van der Waals surface area contributed by atoms with E-state index in [-0.39, 0.29) is 16.4 Å². The minimum absolute atomic E-state index is 0.116. The Morgan fingerprint density at radius 1 is 0.967 bits per heavy atom. The molecule has 0 aromatic heterocycles. The van der Waals surface area contributed by atoms with E-state index >= 15 is 0 Å². The van der Waals surface area contributed by atoms with Gasteiger partial charge in [-0.25, -0.2) is 16.8 Å². The maximum absolute atomic E-state index is 13.3. The van der Waals surface area contributed by atoms with Crippen LogP contribution in [0.2, 0.25) is 5.02 Å². The number of hydrogen-bond acceptors (Lipinski definition) is 6. The van der Waals surface area contributed by atoms with Gasteiger partial charge in [-0.1, -0.05) is 23.7 Å². The Bertz CT molecular complexity index is 1130. The minimum Gasteiger partial charge on any atom is -0.369 e. The van der Waals surface area contributed by atoms with Gasteiger partial charge in [0.1, 0.15) is 0 Å². The Morgan fingerprint density at radius 2 is 1.63 bits per heavy atom. The van der Waals surface area contributed by atoms with Gasteiger partial charge in [0.25, 0.3) is 0 Å². The van der Waals surface area contributed by atoms with Gasteiger partial charge in [0, 0.05) is 42.9 Å². The Kier molecular flexibility index (Phi) is 5.87. The molecule has 30 heavy (non-hydrogen) atoms. The van der Waals surface area contributed by atoms with Gasteiger partial charge in [-0.3, -0.25) is 4.90 Å². The van der Waals surface area contributed by atoms with Gasteiger partial charge in [0.2, 0.25) is 0 Å². The van der Waals surface area contributed by atoms with Crippen LogP contribution in [0.4, 0.5) is 5.69 Å². The lowest BCUT2D eigenvalue weighted by Gasteiger charge is -2.40. The van der Waals surface area contributed by atoms with Crippen molar-refractivity contribution in [2.45, 2.75) is 23.1 Å². The van der Waals surface area contributed by atoms with E-state index in [1.807, 2.05) is 11.0 Å². The predicted octanol–water partition coefficient (Wildman–Crippen LogP) is 2.41. The topological polar surface area (TPSA) is 74.8 Å². The SMILES string of the molecule is Cc1cccc(N2CCN(C3CS(=O)(=O)CC3S(=O)(=O)c3ccc(Cl)cc3)CC2)c1. The third kappa shape index (κ3) is 4.37. The molecule has 2 unspecified atom stereocenters. The lowest BCUT2D eigenvalue weighted by Crippen LogP contribution is -2.55. The molecule has 0 aliphatic carbocycles. The summed E-state index contributed by atoms with van der Waals surface area (Å²) in [4.78, 5) is 4.42. The van der Waals surface area contributed by atoms with Crippen LogP contribution in [0.3, 0.4) is 0 Å². The van der Waals surface area contributed by atoms with E-state index in [2.05, 4.69) is 30.0 Å². The van der Waals surface area contributed by atoms with E-state index in [4.69, 9.17) is 11.6 Å². The molecule has 2 saturated heterocycles. The molecule has 6 nitrogen and oxygen atoms in total. The van der Waals surface area contributed by atoms with Crippen molar-refractivity contribution in [3.63, 3.8) is 0 Å². The van der Waals surface area contributed by atoms with E-state index in [0.717, 1.165) is 18.8 Å².